The molecule has 4 heterocycles. The summed E-state index contributed by atoms with van der Waals surface area (Å²) >= 11 is 0. The van der Waals surface area contributed by atoms with E-state index in [0.717, 1.165) is 89.7 Å². The van der Waals surface area contributed by atoms with Crippen molar-refractivity contribution in [3.63, 3.8) is 0 Å². The number of morpholine rings is 1. The Bertz CT molecular complexity index is 2310. The Morgan fingerprint density at radius 2 is 1.79 bits per heavy atom. The van der Waals surface area contributed by atoms with E-state index in [1.54, 1.807) is 34.1 Å². The Hall–Kier alpha value is -4.46. The summed E-state index contributed by atoms with van der Waals surface area (Å²) in [6.45, 7) is 7.16. The van der Waals surface area contributed by atoms with Crippen LogP contribution >= 0.6 is 0 Å². The molecule has 4 aliphatic rings. The fourth-order valence-electron chi connectivity index (χ4n) is 8.99. The van der Waals surface area contributed by atoms with Crippen molar-refractivity contribution in [1.29, 1.82) is 0 Å². The molecule has 13 heteroatoms. The number of aromatic nitrogens is 3. The Morgan fingerprint density at radius 1 is 1.00 bits per heavy atom. The number of allylic oxidation sites excluding steroid dienone is 1. The third kappa shape index (κ3) is 6.96. The highest BCUT2D eigenvalue weighted by Gasteiger charge is 2.37. The van der Waals surface area contributed by atoms with Gasteiger partial charge in [0.25, 0.3) is 11.8 Å². The van der Waals surface area contributed by atoms with Crippen LogP contribution in [0, 0.1) is 6.92 Å². The molecule has 56 heavy (non-hydrogen) atoms. The Kier molecular flexibility index (Phi) is 10.6. The van der Waals surface area contributed by atoms with E-state index in [9.17, 15) is 18.0 Å². The second kappa shape index (κ2) is 15.5. The number of benzene rings is 2. The normalized spacial score (nSPS) is 19.3. The molecule has 2 aliphatic heterocycles. The predicted octanol–water partition coefficient (Wildman–Crippen LogP) is 7.10. The zero-order valence-electron chi connectivity index (χ0n) is 33.1. The first kappa shape index (κ1) is 38.4. The highest BCUT2D eigenvalue weighted by atomic mass is 32.2. The van der Waals surface area contributed by atoms with Crippen molar-refractivity contribution in [3.05, 3.63) is 70.0 Å². The lowest BCUT2D eigenvalue weighted by Gasteiger charge is -2.33. The van der Waals surface area contributed by atoms with Crippen LogP contribution in [0.1, 0.15) is 120 Å². The fourth-order valence-corrected chi connectivity index (χ4v) is 9.60. The van der Waals surface area contributed by atoms with Crippen molar-refractivity contribution in [2.75, 3.05) is 40.5 Å². The minimum atomic E-state index is -3.85. The second-order valence-electron chi connectivity index (χ2n) is 16.1. The Labute approximate surface area is 329 Å². The van der Waals surface area contributed by atoms with Crippen LogP contribution in [-0.2, 0) is 26.0 Å². The molecule has 12 nitrogen and oxygen atoms in total. The van der Waals surface area contributed by atoms with Gasteiger partial charge in [-0.15, -0.1) is 0 Å². The van der Waals surface area contributed by atoms with Gasteiger partial charge in [0.1, 0.15) is 5.75 Å². The number of fused-ring (bicyclic) bond motifs is 5. The number of rotatable bonds is 10. The summed E-state index contributed by atoms with van der Waals surface area (Å²) in [5, 5.41) is 5.40. The second-order valence-corrected chi connectivity index (χ2v) is 18.3. The van der Waals surface area contributed by atoms with E-state index in [1.165, 1.54) is 12.0 Å². The van der Waals surface area contributed by atoms with Crippen LogP contribution in [0.3, 0.4) is 0 Å². The average molecular weight is 784 g/mol. The standard InChI is InChI=1S/C43H53N5O7S/c1-26(2)56(51,52)45-42(49)29-14-16-36-37(22-29)47-23-31(20-30-21-33(54-5)15-17-35(30)41(47)39(36)28-10-7-6-8-11-28)40-38(27(3)44-48(40)32-12-9-13-32)43(50)46-18-19-55-34(24-46)25-53-4/h14-17,20-22,26,28,32,34H,6-13,18-19,23-25H2,1-5H3,(H,45,49)/t34-/m0/s1. The Balaban J connectivity index is 1.35. The van der Waals surface area contributed by atoms with Crippen LogP contribution in [0.2, 0.25) is 0 Å². The summed E-state index contributed by atoms with van der Waals surface area (Å²) in [7, 11) is -0.538. The van der Waals surface area contributed by atoms with Gasteiger partial charge < -0.3 is 23.7 Å². The number of hydrogen-bond acceptors (Lipinski definition) is 8. The van der Waals surface area contributed by atoms with E-state index >= 15 is 0 Å². The SMILES string of the molecule is COC[C@@H]1CN(C(=O)c2c(C)nn(C3CCC3)c2C2=Cc3cc(OC)ccc3-c3c(C4CCCCC4)c4ccc(C(=O)NS(=O)(=O)C(C)C)cc4n3C2)CCO1. The molecule has 2 amide bonds. The van der Waals surface area contributed by atoms with Gasteiger partial charge in [0.15, 0.2) is 0 Å². The van der Waals surface area contributed by atoms with Gasteiger partial charge in [0, 0.05) is 42.2 Å². The maximum Gasteiger partial charge on any atom is 0.264 e. The summed E-state index contributed by atoms with van der Waals surface area (Å²) in [5.41, 5.74) is 8.49. The molecular weight excluding hydrogens is 731 g/mol. The van der Waals surface area contributed by atoms with E-state index in [4.69, 9.17) is 19.3 Å². The number of nitrogens with zero attached hydrogens (tertiary/aromatic N) is 4. The van der Waals surface area contributed by atoms with Gasteiger partial charge in [-0.3, -0.25) is 14.3 Å². The lowest BCUT2D eigenvalue weighted by molar-refractivity contribution is -0.0531. The molecule has 2 aromatic carbocycles. The number of amides is 2. The van der Waals surface area contributed by atoms with Gasteiger partial charge in [0.2, 0.25) is 10.0 Å². The van der Waals surface area contributed by atoms with Crippen molar-refractivity contribution >= 4 is 44.4 Å². The number of aryl methyl sites for hydroxylation is 1. The van der Waals surface area contributed by atoms with Gasteiger partial charge in [-0.2, -0.15) is 5.10 Å². The number of methoxy groups -OCH3 is 2. The summed E-state index contributed by atoms with van der Waals surface area (Å²) in [4.78, 5) is 30.3. The van der Waals surface area contributed by atoms with Crippen molar-refractivity contribution < 1.29 is 32.2 Å². The van der Waals surface area contributed by atoms with Crippen LogP contribution in [0.5, 0.6) is 5.75 Å². The van der Waals surface area contributed by atoms with E-state index in [2.05, 4.69) is 32.2 Å². The quantitative estimate of drug-likeness (QED) is 0.180. The van der Waals surface area contributed by atoms with Gasteiger partial charge in [-0.1, -0.05) is 25.3 Å². The lowest BCUT2D eigenvalue weighted by atomic mass is 9.81. The molecule has 2 saturated carbocycles. The van der Waals surface area contributed by atoms with Gasteiger partial charge >= 0.3 is 0 Å². The maximum atomic E-state index is 14.8. The number of hydrogen-bond donors (Lipinski definition) is 1. The zero-order chi connectivity index (χ0) is 39.3. The first-order valence-electron chi connectivity index (χ1n) is 20.1. The number of carbonyl (C=O) groups is 2. The molecule has 0 radical (unpaired) electrons. The van der Waals surface area contributed by atoms with E-state index in [0.29, 0.717) is 50.0 Å². The molecule has 1 N–H and O–H groups in total. The Morgan fingerprint density at radius 3 is 2.48 bits per heavy atom. The van der Waals surface area contributed by atoms with Crippen LogP contribution in [0.4, 0.5) is 0 Å². The molecule has 0 unspecified atom stereocenters. The van der Waals surface area contributed by atoms with Crippen LogP contribution in [-0.4, -0.2) is 91.4 Å². The first-order valence-corrected chi connectivity index (χ1v) is 21.6. The largest absolute Gasteiger partial charge is 0.497 e. The van der Waals surface area contributed by atoms with E-state index in [1.807, 2.05) is 30.0 Å². The fraction of sp³-hybridized carbons (Fsp3) is 0.512. The van der Waals surface area contributed by atoms with Crippen molar-refractivity contribution in [2.45, 2.75) is 102 Å². The molecule has 0 spiro atoms. The van der Waals surface area contributed by atoms with Gasteiger partial charge in [0.05, 0.1) is 66.9 Å². The van der Waals surface area contributed by atoms with Crippen LogP contribution in [0.15, 0.2) is 36.4 Å². The molecular formula is C43H53N5O7S. The smallest absolute Gasteiger partial charge is 0.264 e. The topological polar surface area (TPSA) is 134 Å². The molecule has 2 aromatic heterocycles. The summed E-state index contributed by atoms with van der Waals surface area (Å²) in [5.74, 6) is 0.301. The van der Waals surface area contributed by atoms with Crippen LogP contribution < -0.4 is 9.46 Å². The molecule has 3 fully saturated rings. The predicted molar refractivity (Wildman–Crippen MR) is 217 cm³/mol. The molecule has 1 saturated heterocycles. The third-order valence-electron chi connectivity index (χ3n) is 12.2. The monoisotopic (exact) mass is 783 g/mol. The molecule has 1 atom stereocenters. The molecule has 2 aliphatic carbocycles. The third-order valence-corrected chi connectivity index (χ3v) is 13.9. The molecule has 0 bridgehead atoms. The van der Waals surface area contributed by atoms with Gasteiger partial charge in [-0.25, -0.2) is 13.1 Å². The first-order chi connectivity index (χ1) is 27.0. The zero-order valence-corrected chi connectivity index (χ0v) is 33.9. The minimum Gasteiger partial charge on any atom is -0.497 e. The number of ether oxygens (including phenoxy) is 3. The molecule has 298 valence electrons. The molecule has 8 rings (SSSR count). The number of sulfonamides is 1. The van der Waals surface area contributed by atoms with Crippen molar-refractivity contribution in [1.82, 2.24) is 24.0 Å². The maximum absolute atomic E-state index is 14.8. The highest BCUT2D eigenvalue weighted by molar-refractivity contribution is 7.90. The average Bonchev–Trinajstić information content (AvgIpc) is 3.61. The number of carbonyl (C=O) groups excluding carboxylic acids is 2. The minimum absolute atomic E-state index is 0.0747. The van der Waals surface area contributed by atoms with E-state index < -0.39 is 21.2 Å². The van der Waals surface area contributed by atoms with Crippen LogP contribution in [0.25, 0.3) is 33.8 Å². The summed E-state index contributed by atoms with van der Waals surface area (Å²) in [6, 6.07) is 11.9. The highest BCUT2D eigenvalue weighted by Crippen LogP contribution is 2.48. The molecule has 4 aromatic rings. The summed E-state index contributed by atoms with van der Waals surface area (Å²) < 4.78 is 49.4. The van der Waals surface area contributed by atoms with Crippen molar-refractivity contribution in [3.8, 4) is 17.0 Å². The summed E-state index contributed by atoms with van der Waals surface area (Å²) in [6.07, 6.45) is 10.6. The lowest BCUT2D eigenvalue weighted by Crippen LogP contribution is -2.47. The van der Waals surface area contributed by atoms with Gasteiger partial charge in [-0.05, 0) is 112 Å². The number of nitrogens with one attached hydrogen (secondary N) is 1. The van der Waals surface area contributed by atoms with Crippen molar-refractivity contribution in [2.24, 2.45) is 0 Å². The van der Waals surface area contributed by atoms with E-state index in [-0.39, 0.29) is 23.6 Å².